The van der Waals surface area contributed by atoms with Gasteiger partial charge in [0.15, 0.2) is 0 Å². The molecule has 6 heteroatoms. The van der Waals surface area contributed by atoms with Gasteiger partial charge in [-0.15, -0.1) is 11.3 Å². The maximum absolute atomic E-state index is 6.14. The van der Waals surface area contributed by atoms with Gasteiger partial charge in [0.05, 0.1) is 17.4 Å². The van der Waals surface area contributed by atoms with Crippen molar-refractivity contribution in [2.75, 3.05) is 0 Å². The predicted octanol–water partition coefficient (Wildman–Crippen LogP) is 7.02. The number of halogens is 5. The Morgan fingerprint density at radius 2 is 1.94 bits per heavy atom. The van der Waals surface area contributed by atoms with Crippen molar-refractivity contribution in [3.05, 3.63) is 51.6 Å². The van der Waals surface area contributed by atoms with Crippen molar-refractivity contribution >= 4 is 93.3 Å². The number of alkyl halides is 1. The zero-order valence-corrected chi connectivity index (χ0v) is 16.7. The van der Waals surface area contributed by atoms with E-state index >= 15 is 0 Å². The second-order valence-electron chi connectivity index (χ2n) is 3.32. The fourth-order valence-corrected chi connectivity index (χ4v) is 5.91. The zero-order chi connectivity index (χ0) is 12.6. The summed E-state index contributed by atoms with van der Waals surface area (Å²) in [6, 6.07) is 8.23. The summed E-state index contributed by atoms with van der Waals surface area (Å²) in [4.78, 5) is 0.147. The summed E-state index contributed by atoms with van der Waals surface area (Å²) in [7, 11) is 0. The Labute approximate surface area is 148 Å². The third kappa shape index (κ3) is 3.48. The molecule has 0 bridgehead atoms. The fraction of sp³-hybridized carbons (Fsp3) is 0.0909. The van der Waals surface area contributed by atoms with Gasteiger partial charge in [0.2, 0.25) is 0 Å². The monoisotopic (exact) mass is 568 g/mol. The third-order valence-electron chi connectivity index (χ3n) is 2.19. The smallest absolute Gasteiger partial charge is 0.0757 e. The molecule has 0 aliphatic rings. The largest absolute Gasteiger partial charge is 0.121 e. The second-order valence-corrected chi connectivity index (χ2v) is 9.55. The third-order valence-corrected chi connectivity index (χ3v) is 7.17. The first-order valence-electron chi connectivity index (χ1n) is 4.53. The lowest BCUT2D eigenvalue weighted by atomic mass is 10.1. The molecule has 1 aromatic carbocycles. The van der Waals surface area contributed by atoms with Crippen LogP contribution in [0.2, 0.25) is 5.02 Å². The highest BCUT2D eigenvalue weighted by Crippen LogP contribution is 2.42. The lowest BCUT2D eigenvalue weighted by Crippen LogP contribution is -1.92. The van der Waals surface area contributed by atoms with Gasteiger partial charge < -0.3 is 0 Å². The summed E-state index contributed by atoms with van der Waals surface area (Å²) < 4.78 is 3.31. The molecule has 0 radical (unpaired) electrons. The predicted molar refractivity (Wildman–Crippen MR) is 94.7 cm³/mol. The van der Waals surface area contributed by atoms with Gasteiger partial charge in [-0.1, -0.05) is 33.6 Å². The number of hydrogen-bond donors (Lipinski definition) is 0. The molecule has 0 fully saturated rings. The van der Waals surface area contributed by atoms with E-state index in [0.717, 1.165) is 21.7 Å². The first-order valence-corrected chi connectivity index (χ1v) is 9.30. The first kappa shape index (κ1) is 14.8. The molecule has 0 spiro atoms. The van der Waals surface area contributed by atoms with Crippen LogP contribution in [0, 0.1) is 3.57 Å². The fourth-order valence-electron chi connectivity index (χ4n) is 1.38. The van der Waals surface area contributed by atoms with Gasteiger partial charge in [0, 0.05) is 3.57 Å². The molecule has 0 N–H and O–H groups in total. The molecule has 1 atom stereocenters. The van der Waals surface area contributed by atoms with Crippen LogP contribution in [0.15, 0.2) is 31.8 Å². The molecule has 0 saturated heterocycles. The molecular weight excluding hydrogens is 566 g/mol. The Hall–Kier alpha value is 1.38. The van der Waals surface area contributed by atoms with Crippen molar-refractivity contribution in [3.63, 3.8) is 0 Å². The van der Waals surface area contributed by atoms with Crippen LogP contribution >= 0.6 is 93.3 Å². The van der Waals surface area contributed by atoms with E-state index in [9.17, 15) is 0 Å². The van der Waals surface area contributed by atoms with Gasteiger partial charge in [-0.25, -0.2) is 0 Å². The zero-order valence-electron chi connectivity index (χ0n) is 8.18. The van der Waals surface area contributed by atoms with E-state index in [4.69, 9.17) is 11.6 Å². The van der Waals surface area contributed by atoms with E-state index in [1.54, 1.807) is 11.3 Å². The molecule has 0 aliphatic heterocycles. The Kier molecular flexibility index (Phi) is 5.41. The minimum atomic E-state index is 0.147. The topological polar surface area (TPSA) is 0 Å². The van der Waals surface area contributed by atoms with Crippen molar-refractivity contribution in [2.24, 2.45) is 0 Å². The minimum absolute atomic E-state index is 0.147. The van der Waals surface area contributed by atoms with Crippen LogP contribution in [-0.4, -0.2) is 0 Å². The van der Waals surface area contributed by atoms with Crippen molar-refractivity contribution in [3.8, 4) is 0 Å². The van der Waals surface area contributed by atoms with Gasteiger partial charge in [-0.3, -0.25) is 0 Å². The summed E-state index contributed by atoms with van der Waals surface area (Å²) in [6.07, 6.45) is 0. The first-order chi connectivity index (χ1) is 7.99. The van der Waals surface area contributed by atoms with Gasteiger partial charge in [-0.05, 0) is 83.8 Å². The number of thiophene rings is 1. The van der Waals surface area contributed by atoms with Crippen LogP contribution in [0.5, 0.6) is 0 Å². The van der Waals surface area contributed by atoms with E-state index in [2.05, 4.69) is 82.5 Å². The number of benzene rings is 1. The molecule has 0 nitrogen and oxygen atoms in total. The van der Waals surface area contributed by atoms with E-state index in [-0.39, 0.29) is 4.83 Å². The van der Waals surface area contributed by atoms with Gasteiger partial charge in [0.1, 0.15) is 0 Å². The molecule has 0 saturated carbocycles. The summed E-state index contributed by atoms with van der Waals surface area (Å²) in [5, 5.41) is 0.790. The molecule has 90 valence electrons. The Balaban J connectivity index is 2.40. The highest BCUT2D eigenvalue weighted by atomic mass is 127. The van der Waals surface area contributed by atoms with Gasteiger partial charge >= 0.3 is 0 Å². The number of hydrogen-bond acceptors (Lipinski definition) is 1. The van der Waals surface area contributed by atoms with E-state index < -0.39 is 0 Å². The molecule has 1 aromatic heterocycles. The molecular formula is C11H5Br3ClIS. The Morgan fingerprint density at radius 1 is 1.24 bits per heavy atom. The normalized spacial score (nSPS) is 12.8. The molecule has 0 aliphatic carbocycles. The van der Waals surface area contributed by atoms with Crippen LogP contribution in [0.1, 0.15) is 16.0 Å². The molecule has 2 aromatic rings. The van der Waals surface area contributed by atoms with E-state index in [1.807, 2.05) is 12.1 Å². The van der Waals surface area contributed by atoms with Crippen molar-refractivity contribution < 1.29 is 0 Å². The molecule has 2 rings (SSSR count). The second kappa shape index (κ2) is 6.22. The van der Waals surface area contributed by atoms with Crippen molar-refractivity contribution in [2.45, 2.75) is 4.83 Å². The van der Waals surface area contributed by atoms with Crippen LogP contribution in [0.4, 0.5) is 0 Å². The van der Waals surface area contributed by atoms with E-state index in [1.165, 1.54) is 5.56 Å². The maximum Gasteiger partial charge on any atom is 0.0757 e. The highest BCUT2D eigenvalue weighted by Gasteiger charge is 2.17. The van der Waals surface area contributed by atoms with Crippen LogP contribution in [-0.2, 0) is 0 Å². The van der Waals surface area contributed by atoms with Crippen LogP contribution < -0.4 is 0 Å². The average molecular weight is 571 g/mol. The van der Waals surface area contributed by atoms with Crippen molar-refractivity contribution in [1.82, 2.24) is 0 Å². The summed E-state index contributed by atoms with van der Waals surface area (Å²) >= 11 is 20.8. The maximum atomic E-state index is 6.14. The highest BCUT2D eigenvalue weighted by molar-refractivity contribution is 14.1. The lowest BCUT2D eigenvalue weighted by molar-refractivity contribution is 1.18. The van der Waals surface area contributed by atoms with Gasteiger partial charge in [-0.2, -0.15) is 0 Å². The van der Waals surface area contributed by atoms with Crippen molar-refractivity contribution in [1.29, 1.82) is 0 Å². The Bertz CT molecular complexity index is 556. The van der Waals surface area contributed by atoms with Crippen LogP contribution in [0.3, 0.4) is 0 Å². The lowest BCUT2D eigenvalue weighted by Gasteiger charge is -2.10. The summed E-state index contributed by atoms with van der Waals surface area (Å²) in [5.41, 5.74) is 2.36. The molecule has 0 amide bonds. The molecule has 1 heterocycles. The SMILES string of the molecule is Clc1cc(C(Br)c2cc(Br)sc2Br)ccc1I. The molecule has 1 unspecified atom stereocenters. The standard InChI is InChI=1S/C11H5Br3ClIS/c12-9-4-6(11(14)17-9)10(13)5-1-2-8(16)7(15)3-5/h1-4,10H. The van der Waals surface area contributed by atoms with Gasteiger partial charge in [0.25, 0.3) is 0 Å². The average Bonchev–Trinajstić information content (AvgIpc) is 2.61. The molecule has 17 heavy (non-hydrogen) atoms. The number of rotatable bonds is 2. The summed E-state index contributed by atoms with van der Waals surface area (Å²) in [6.45, 7) is 0. The van der Waals surface area contributed by atoms with E-state index in [0.29, 0.717) is 0 Å². The quantitative estimate of drug-likeness (QED) is 0.269. The Morgan fingerprint density at radius 3 is 2.47 bits per heavy atom. The van der Waals surface area contributed by atoms with Crippen LogP contribution in [0.25, 0.3) is 0 Å². The minimum Gasteiger partial charge on any atom is -0.121 e. The summed E-state index contributed by atoms with van der Waals surface area (Å²) in [5.74, 6) is 0.